The van der Waals surface area contributed by atoms with Gasteiger partial charge in [0.05, 0.1) is 16.3 Å². The molecule has 0 fully saturated rings. The lowest BCUT2D eigenvalue weighted by Gasteiger charge is -2.17. The van der Waals surface area contributed by atoms with Crippen molar-refractivity contribution in [1.82, 2.24) is 0 Å². The summed E-state index contributed by atoms with van der Waals surface area (Å²) in [7, 11) is 0. The molecule has 1 unspecified atom stereocenters. The third-order valence-electron chi connectivity index (χ3n) is 1.70. The van der Waals surface area contributed by atoms with Crippen LogP contribution in [-0.2, 0) is 9.59 Å². The molecule has 0 saturated carbocycles. The SMILES string of the molecule is NC1=C(Cl)C(=C=O)C(C(=O)O)C(Cl)=C1. The van der Waals surface area contributed by atoms with Gasteiger partial charge in [0.1, 0.15) is 11.9 Å². The lowest BCUT2D eigenvalue weighted by molar-refractivity contribution is -0.138. The second-order valence-electron chi connectivity index (χ2n) is 2.59. The Balaban J connectivity index is 3.34. The Kier molecular flexibility index (Phi) is 3.01. The molecule has 4 nitrogen and oxygen atoms in total. The zero-order valence-electron chi connectivity index (χ0n) is 6.75. The zero-order valence-corrected chi connectivity index (χ0v) is 8.26. The monoisotopic (exact) mass is 233 g/mol. The van der Waals surface area contributed by atoms with E-state index in [-0.39, 0.29) is 21.3 Å². The van der Waals surface area contributed by atoms with Crippen LogP contribution in [0.5, 0.6) is 0 Å². The third kappa shape index (κ3) is 1.68. The molecular formula is C8H5Cl2NO3. The van der Waals surface area contributed by atoms with Crippen LogP contribution < -0.4 is 5.73 Å². The third-order valence-corrected chi connectivity index (χ3v) is 2.45. The van der Waals surface area contributed by atoms with Crippen molar-refractivity contribution in [2.45, 2.75) is 0 Å². The number of carbonyl (C=O) groups excluding carboxylic acids is 1. The van der Waals surface area contributed by atoms with Crippen molar-refractivity contribution in [2.75, 3.05) is 0 Å². The summed E-state index contributed by atoms with van der Waals surface area (Å²) in [6.07, 6.45) is 1.21. The van der Waals surface area contributed by atoms with Crippen molar-refractivity contribution >= 4 is 35.1 Å². The van der Waals surface area contributed by atoms with E-state index in [1.807, 2.05) is 0 Å². The number of halogens is 2. The first-order chi connectivity index (χ1) is 6.49. The van der Waals surface area contributed by atoms with Crippen LogP contribution in [0.4, 0.5) is 0 Å². The fourth-order valence-corrected chi connectivity index (χ4v) is 1.58. The van der Waals surface area contributed by atoms with Crippen molar-refractivity contribution < 1.29 is 14.7 Å². The van der Waals surface area contributed by atoms with Crippen molar-refractivity contribution in [1.29, 1.82) is 0 Å². The van der Waals surface area contributed by atoms with E-state index in [1.54, 1.807) is 0 Å². The molecule has 1 aliphatic rings. The lowest BCUT2D eigenvalue weighted by atomic mass is 9.94. The van der Waals surface area contributed by atoms with Crippen LogP contribution in [0.3, 0.4) is 0 Å². The van der Waals surface area contributed by atoms with Gasteiger partial charge in [-0.05, 0) is 6.08 Å². The van der Waals surface area contributed by atoms with Gasteiger partial charge in [-0.25, -0.2) is 4.79 Å². The van der Waals surface area contributed by atoms with Crippen LogP contribution >= 0.6 is 23.2 Å². The topological polar surface area (TPSA) is 80.4 Å². The van der Waals surface area contributed by atoms with Gasteiger partial charge in [0.2, 0.25) is 0 Å². The molecule has 0 spiro atoms. The van der Waals surface area contributed by atoms with Gasteiger partial charge >= 0.3 is 5.97 Å². The molecule has 0 aromatic rings. The van der Waals surface area contributed by atoms with Gasteiger partial charge in [0.25, 0.3) is 0 Å². The highest BCUT2D eigenvalue weighted by molar-refractivity contribution is 6.37. The highest BCUT2D eigenvalue weighted by atomic mass is 35.5. The lowest BCUT2D eigenvalue weighted by Crippen LogP contribution is -2.22. The van der Waals surface area contributed by atoms with Crippen LogP contribution in [-0.4, -0.2) is 17.0 Å². The van der Waals surface area contributed by atoms with Crippen molar-refractivity contribution in [3.63, 3.8) is 0 Å². The molecule has 14 heavy (non-hydrogen) atoms. The summed E-state index contributed by atoms with van der Waals surface area (Å²) in [6, 6.07) is 0. The zero-order chi connectivity index (χ0) is 10.9. The molecule has 0 aromatic heterocycles. The predicted molar refractivity (Wildman–Crippen MR) is 51.3 cm³/mol. The van der Waals surface area contributed by atoms with E-state index < -0.39 is 11.9 Å². The quantitative estimate of drug-likeness (QED) is 0.663. The smallest absolute Gasteiger partial charge is 0.317 e. The van der Waals surface area contributed by atoms with E-state index in [0.717, 1.165) is 0 Å². The van der Waals surface area contributed by atoms with E-state index in [1.165, 1.54) is 12.0 Å². The highest BCUT2D eigenvalue weighted by Gasteiger charge is 2.32. The number of rotatable bonds is 1. The van der Waals surface area contributed by atoms with Gasteiger partial charge < -0.3 is 10.8 Å². The number of aliphatic carboxylic acids is 1. The molecule has 3 N–H and O–H groups in total. The Morgan fingerprint density at radius 3 is 2.57 bits per heavy atom. The van der Waals surface area contributed by atoms with Crippen molar-refractivity contribution in [2.24, 2.45) is 11.7 Å². The Hall–Kier alpha value is -1.22. The summed E-state index contributed by atoms with van der Waals surface area (Å²) in [5.41, 5.74) is 5.21. The van der Waals surface area contributed by atoms with Gasteiger partial charge in [-0.2, -0.15) is 0 Å². The average Bonchev–Trinajstić information content (AvgIpc) is 2.09. The molecule has 74 valence electrons. The first-order valence-corrected chi connectivity index (χ1v) is 4.25. The summed E-state index contributed by atoms with van der Waals surface area (Å²) in [5, 5.41) is 8.60. The van der Waals surface area contributed by atoms with Gasteiger partial charge in [0, 0.05) is 5.03 Å². The molecule has 0 amide bonds. The number of hydrogen-bond acceptors (Lipinski definition) is 3. The number of carbonyl (C=O) groups is 1. The number of nitrogens with two attached hydrogens (primary N) is 1. The van der Waals surface area contributed by atoms with Crippen molar-refractivity contribution in [3.05, 3.63) is 27.4 Å². The van der Waals surface area contributed by atoms with Crippen LogP contribution in [0.15, 0.2) is 27.4 Å². The van der Waals surface area contributed by atoms with Crippen LogP contribution in [0.25, 0.3) is 0 Å². The number of allylic oxidation sites excluding steroid dienone is 2. The fourth-order valence-electron chi connectivity index (χ4n) is 1.06. The summed E-state index contributed by atoms with van der Waals surface area (Å²) >= 11 is 11.2. The maximum absolute atomic E-state index is 10.7. The maximum atomic E-state index is 10.7. The Morgan fingerprint density at radius 1 is 1.57 bits per heavy atom. The fraction of sp³-hybridized carbons (Fsp3) is 0.125. The molecule has 6 heteroatoms. The second kappa shape index (κ2) is 3.88. The van der Waals surface area contributed by atoms with Crippen LogP contribution in [0.2, 0.25) is 0 Å². The number of carboxylic acid groups (broad SMARTS) is 1. The first kappa shape index (κ1) is 10.9. The summed E-state index contributed by atoms with van der Waals surface area (Å²) in [5.74, 6) is -1.10. The number of hydrogen-bond donors (Lipinski definition) is 2. The molecule has 0 saturated heterocycles. The maximum Gasteiger partial charge on any atom is 0.317 e. The minimum Gasteiger partial charge on any atom is -0.480 e. The largest absolute Gasteiger partial charge is 0.480 e. The van der Waals surface area contributed by atoms with Crippen LogP contribution in [0.1, 0.15) is 0 Å². The van der Waals surface area contributed by atoms with Gasteiger partial charge in [-0.1, -0.05) is 23.2 Å². The van der Waals surface area contributed by atoms with Crippen molar-refractivity contribution in [3.8, 4) is 0 Å². The molecular weight excluding hydrogens is 229 g/mol. The summed E-state index contributed by atoms with van der Waals surface area (Å²) in [6.45, 7) is 0. The molecule has 1 aliphatic carbocycles. The minimum atomic E-state index is -1.27. The molecule has 0 bridgehead atoms. The van der Waals surface area contributed by atoms with Gasteiger partial charge in [-0.15, -0.1) is 0 Å². The molecule has 1 rings (SSSR count). The standard InChI is InChI=1S/C8H5Cl2NO3/c9-4-1-5(11)7(10)3(2-12)6(4)8(13)14/h1,6H,11H2,(H,13,14). The average molecular weight is 234 g/mol. The minimum absolute atomic E-state index is 0.0576. The summed E-state index contributed by atoms with van der Waals surface area (Å²) < 4.78 is 0. The first-order valence-electron chi connectivity index (χ1n) is 3.49. The van der Waals surface area contributed by atoms with Gasteiger partial charge in [-0.3, -0.25) is 4.79 Å². The van der Waals surface area contributed by atoms with Crippen LogP contribution in [0, 0.1) is 5.92 Å². The predicted octanol–water partition coefficient (Wildman–Crippen LogP) is 0.991. The summed E-state index contributed by atoms with van der Waals surface area (Å²) in [4.78, 5) is 21.2. The van der Waals surface area contributed by atoms with Gasteiger partial charge in [0.15, 0.2) is 0 Å². The molecule has 0 radical (unpaired) electrons. The molecule has 0 heterocycles. The number of carboxylic acids is 1. The van der Waals surface area contributed by atoms with E-state index in [2.05, 4.69) is 0 Å². The van der Waals surface area contributed by atoms with E-state index in [0.29, 0.717) is 0 Å². The Labute approximate surface area is 89.3 Å². The molecule has 1 atom stereocenters. The Morgan fingerprint density at radius 2 is 2.14 bits per heavy atom. The van der Waals surface area contributed by atoms with E-state index in [9.17, 15) is 9.59 Å². The normalized spacial score (nSPS) is 21.7. The Bertz CT molecular complexity index is 405. The van der Waals surface area contributed by atoms with E-state index >= 15 is 0 Å². The second-order valence-corrected chi connectivity index (χ2v) is 3.40. The highest BCUT2D eigenvalue weighted by Crippen LogP contribution is 2.35. The molecule has 0 aliphatic heterocycles. The molecule has 0 aromatic carbocycles. The van der Waals surface area contributed by atoms with E-state index in [4.69, 9.17) is 34.0 Å².